The summed E-state index contributed by atoms with van der Waals surface area (Å²) in [6.07, 6.45) is 7.36. The van der Waals surface area contributed by atoms with Gasteiger partial charge in [-0.2, -0.15) is 0 Å². The van der Waals surface area contributed by atoms with E-state index in [-0.39, 0.29) is 0 Å². The molecule has 0 saturated carbocycles. The molecule has 22 heavy (non-hydrogen) atoms. The molecule has 4 N–H and O–H groups in total. The third kappa shape index (κ3) is 2.51. The van der Waals surface area contributed by atoms with Gasteiger partial charge in [0.25, 0.3) is 0 Å². The van der Waals surface area contributed by atoms with E-state index in [1.54, 1.807) is 0 Å². The van der Waals surface area contributed by atoms with E-state index in [1.165, 1.54) is 12.2 Å². The Bertz CT molecular complexity index is 609. The standard InChI is InChI=1S/C17H22O5/c1-3-5-10-7-11(18)14(20)13-16(22)15(21)12(19)9-17(13,8-10)6-4-2/h7-9,13,18-19,21-22H,3-6H2,1-2H3. The summed E-state index contributed by atoms with van der Waals surface area (Å²) in [5, 5.41) is 39.9. The van der Waals surface area contributed by atoms with Crippen LogP contribution in [0, 0.1) is 11.3 Å². The number of hydrogen-bond donors (Lipinski definition) is 4. The lowest BCUT2D eigenvalue weighted by molar-refractivity contribution is -0.124. The summed E-state index contributed by atoms with van der Waals surface area (Å²) in [4.78, 5) is 12.5. The minimum absolute atomic E-state index is 0.434. The molecule has 120 valence electrons. The summed E-state index contributed by atoms with van der Waals surface area (Å²) in [7, 11) is 0. The summed E-state index contributed by atoms with van der Waals surface area (Å²) >= 11 is 0. The molecular weight excluding hydrogens is 284 g/mol. The van der Waals surface area contributed by atoms with E-state index in [0.29, 0.717) is 19.3 Å². The van der Waals surface area contributed by atoms with Crippen LogP contribution in [0.25, 0.3) is 0 Å². The third-order valence-electron chi connectivity index (χ3n) is 4.21. The quantitative estimate of drug-likeness (QED) is 0.631. The lowest BCUT2D eigenvalue weighted by Crippen LogP contribution is -2.38. The van der Waals surface area contributed by atoms with Crippen LogP contribution in [0.1, 0.15) is 39.5 Å². The number of allylic oxidation sites excluding steroid dienone is 6. The van der Waals surface area contributed by atoms with Crippen molar-refractivity contribution in [3.63, 3.8) is 0 Å². The van der Waals surface area contributed by atoms with Gasteiger partial charge < -0.3 is 20.4 Å². The van der Waals surface area contributed by atoms with Gasteiger partial charge in [-0.25, -0.2) is 0 Å². The van der Waals surface area contributed by atoms with Gasteiger partial charge in [-0.15, -0.1) is 0 Å². The molecule has 2 unspecified atom stereocenters. The zero-order valence-electron chi connectivity index (χ0n) is 12.8. The molecule has 0 bridgehead atoms. The van der Waals surface area contributed by atoms with E-state index in [2.05, 4.69) is 0 Å². The average molecular weight is 306 g/mol. The smallest absolute Gasteiger partial charge is 0.209 e. The lowest BCUT2D eigenvalue weighted by Gasteiger charge is -2.37. The number of hydrogen-bond acceptors (Lipinski definition) is 5. The number of aliphatic hydroxyl groups is 4. The third-order valence-corrected chi connectivity index (χ3v) is 4.21. The van der Waals surface area contributed by atoms with Crippen LogP contribution in [0.5, 0.6) is 0 Å². The molecule has 0 heterocycles. The molecule has 0 amide bonds. The van der Waals surface area contributed by atoms with Crippen LogP contribution in [0.15, 0.2) is 46.8 Å². The first-order valence-electron chi connectivity index (χ1n) is 7.57. The van der Waals surface area contributed by atoms with Crippen molar-refractivity contribution in [2.24, 2.45) is 11.3 Å². The highest BCUT2D eigenvalue weighted by Crippen LogP contribution is 2.48. The van der Waals surface area contributed by atoms with Crippen molar-refractivity contribution in [3.05, 3.63) is 46.8 Å². The highest BCUT2D eigenvalue weighted by Gasteiger charge is 2.49. The maximum Gasteiger partial charge on any atom is 0.209 e. The zero-order valence-corrected chi connectivity index (χ0v) is 12.8. The molecule has 2 rings (SSSR count). The second-order valence-electron chi connectivity index (χ2n) is 5.92. The van der Waals surface area contributed by atoms with Gasteiger partial charge >= 0.3 is 0 Å². The van der Waals surface area contributed by atoms with Gasteiger partial charge in [0.1, 0.15) is 5.76 Å². The Morgan fingerprint density at radius 3 is 2.32 bits per heavy atom. The van der Waals surface area contributed by atoms with Crippen molar-refractivity contribution in [3.8, 4) is 0 Å². The predicted molar refractivity (Wildman–Crippen MR) is 82.5 cm³/mol. The highest BCUT2D eigenvalue weighted by molar-refractivity contribution is 5.99. The fraction of sp³-hybridized carbons (Fsp3) is 0.471. The van der Waals surface area contributed by atoms with E-state index >= 15 is 0 Å². The highest BCUT2D eigenvalue weighted by atomic mass is 16.3. The minimum Gasteiger partial charge on any atom is -0.507 e. The lowest BCUT2D eigenvalue weighted by atomic mass is 9.66. The van der Waals surface area contributed by atoms with Crippen LogP contribution in [0.4, 0.5) is 0 Å². The summed E-state index contributed by atoms with van der Waals surface area (Å²) in [6.45, 7) is 3.92. The Labute approximate surface area is 129 Å². The van der Waals surface area contributed by atoms with E-state index in [4.69, 9.17) is 0 Å². The maximum absolute atomic E-state index is 12.5. The van der Waals surface area contributed by atoms with E-state index in [0.717, 1.165) is 12.0 Å². The summed E-state index contributed by atoms with van der Waals surface area (Å²) in [5.74, 6) is -3.93. The molecule has 0 spiro atoms. The van der Waals surface area contributed by atoms with E-state index in [1.807, 2.05) is 19.9 Å². The molecule has 5 heteroatoms. The van der Waals surface area contributed by atoms with Gasteiger partial charge in [-0.3, -0.25) is 4.79 Å². The summed E-state index contributed by atoms with van der Waals surface area (Å²) in [6, 6.07) is 0. The minimum atomic E-state index is -1.12. The van der Waals surface area contributed by atoms with Crippen molar-refractivity contribution in [2.75, 3.05) is 0 Å². The number of rotatable bonds is 4. The van der Waals surface area contributed by atoms with Crippen molar-refractivity contribution in [1.29, 1.82) is 0 Å². The first-order chi connectivity index (χ1) is 10.4. The van der Waals surface area contributed by atoms with Gasteiger partial charge in [0, 0.05) is 5.41 Å². The Morgan fingerprint density at radius 1 is 1.05 bits per heavy atom. The second kappa shape index (κ2) is 5.91. The Hall–Kier alpha value is -2.17. The van der Waals surface area contributed by atoms with Crippen LogP contribution in [0.2, 0.25) is 0 Å². The van der Waals surface area contributed by atoms with Crippen LogP contribution < -0.4 is 0 Å². The normalized spacial score (nSPS) is 28.5. The molecule has 2 aliphatic carbocycles. The first-order valence-corrected chi connectivity index (χ1v) is 7.57. The summed E-state index contributed by atoms with van der Waals surface area (Å²) in [5.41, 5.74) is -0.167. The molecule has 2 aliphatic rings. The van der Waals surface area contributed by atoms with Gasteiger partial charge in [-0.05, 0) is 30.6 Å². The number of carbonyl (C=O) groups excluding carboxylic acids is 1. The number of carbonyl (C=O) groups is 1. The van der Waals surface area contributed by atoms with Crippen molar-refractivity contribution in [1.82, 2.24) is 0 Å². The summed E-state index contributed by atoms with van der Waals surface area (Å²) < 4.78 is 0. The molecule has 0 aliphatic heterocycles. The first kappa shape index (κ1) is 16.2. The molecule has 5 nitrogen and oxygen atoms in total. The van der Waals surface area contributed by atoms with Gasteiger partial charge in [0.2, 0.25) is 5.78 Å². The fourth-order valence-electron chi connectivity index (χ4n) is 3.36. The number of Topliss-reactive ketones (excluding diaryl/α,β-unsaturated/α-hetero) is 1. The van der Waals surface area contributed by atoms with Crippen molar-refractivity contribution in [2.45, 2.75) is 39.5 Å². The predicted octanol–water partition coefficient (Wildman–Crippen LogP) is 3.92. The van der Waals surface area contributed by atoms with Crippen LogP contribution >= 0.6 is 0 Å². The molecule has 0 aromatic heterocycles. The van der Waals surface area contributed by atoms with Crippen LogP contribution in [-0.2, 0) is 4.79 Å². The van der Waals surface area contributed by atoms with E-state index in [9.17, 15) is 25.2 Å². The molecule has 0 aromatic carbocycles. The largest absolute Gasteiger partial charge is 0.507 e. The molecule has 0 saturated heterocycles. The Morgan fingerprint density at radius 2 is 1.73 bits per heavy atom. The molecule has 2 atom stereocenters. The maximum atomic E-state index is 12.5. The van der Waals surface area contributed by atoms with Gasteiger partial charge in [0.05, 0.1) is 5.92 Å². The Balaban J connectivity index is 2.68. The fourth-order valence-corrected chi connectivity index (χ4v) is 3.36. The number of fused-ring (bicyclic) bond motifs is 1. The average Bonchev–Trinajstić information content (AvgIpc) is 2.54. The van der Waals surface area contributed by atoms with E-state index < -0.39 is 40.2 Å². The van der Waals surface area contributed by atoms with Gasteiger partial charge in [0.15, 0.2) is 17.3 Å². The monoisotopic (exact) mass is 306 g/mol. The van der Waals surface area contributed by atoms with Crippen LogP contribution in [-0.4, -0.2) is 26.2 Å². The molecular formula is C17H22O5. The number of ketones is 1. The number of aliphatic hydroxyl groups excluding tert-OH is 4. The SMILES string of the molecule is CCCC1=CC2(CCC)C=C(O)C(O)=C(O)C2C(=O)C(O)=C1. The molecule has 0 fully saturated rings. The van der Waals surface area contributed by atoms with Gasteiger partial charge in [-0.1, -0.05) is 32.8 Å². The second-order valence-corrected chi connectivity index (χ2v) is 5.92. The zero-order chi connectivity index (χ0) is 16.5. The topological polar surface area (TPSA) is 98.0 Å². The Kier molecular flexibility index (Phi) is 4.35. The molecule has 0 aromatic rings. The van der Waals surface area contributed by atoms with Crippen LogP contribution in [0.3, 0.4) is 0 Å². The van der Waals surface area contributed by atoms with Crippen molar-refractivity contribution < 1.29 is 25.2 Å². The molecule has 0 radical (unpaired) electrons. The van der Waals surface area contributed by atoms with Crippen molar-refractivity contribution >= 4 is 5.78 Å².